The molecule has 0 fully saturated rings. The number of oxime groups is 1. The summed E-state index contributed by atoms with van der Waals surface area (Å²) in [7, 11) is 0. The van der Waals surface area contributed by atoms with Crippen LogP contribution in [0.25, 0.3) is 0 Å². The van der Waals surface area contributed by atoms with Gasteiger partial charge in [-0.2, -0.15) is 13.2 Å². The van der Waals surface area contributed by atoms with Gasteiger partial charge < -0.3 is 9.94 Å². The summed E-state index contributed by atoms with van der Waals surface area (Å²) in [6.45, 7) is 2.02. The first-order valence-electron chi connectivity index (χ1n) is 5.99. The Kier molecular flexibility index (Phi) is 3.54. The largest absolute Gasteiger partial charge is 0.458 e. The van der Waals surface area contributed by atoms with Crippen LogP contribution in [0.5, 0.6) is 0 Å². The van der Waals surface area contributed by atoms with E-state index in [4.69, 9.17) is 0 Å². The summed E-state index contributed by atoms with van der Waals surface area (Å²) in [6.07, 6.45) is -3.77. The lowest BCUT2D eigenvalue weighted by Crippen LogP contribution is -2.45. The Balaban J connectivity index is 2.19. The van der Waals surface area contributed by atoms with E-state index in [1.54, 1.807) is 18.2 Å². The summed E-state index contributed by atoms with van der Waals surface area (Å²) in [5.41, 5.74) is 1.68. The van der Waals surface area contributed by atoms with Crippen molar-refractivity contribution < 1.29 is 23.1 Å². The van der Waals surface area contributed by atoms with Gasteiger partial charge in [0.15, 0.2) is 0 Å². The van der Waals surface area contributed by atoms with Crippen molar-refractivity contribution in [3.05, 3.63) is 35.4 Å². The number of hydrogen-bond acceptors (Lipinski definition) is 3. The van der Waals surface area contributed by atoms with Crippen molar-refractivity contribution in [1.82, 2.24) is 0 Å². The zero-order valence-corrected chi connectivity index (χ0v) is 10.4. The van der Waals surface area contributed by atoms with E-state index in [0.29, 0.717) is 5.56 Å². The van der Waals surface area contributed by atoms with E-state index in [1.807, 2.05) is 13.0 Å². The maximum Gasteiger partial charge on any atom is 0.458 e. The Bertz CT molecular complexity index is 499. The Morgan fingerprint density at radius 3 is 2.74 bits per heavy atom. The zero-order chi connectivity index (χ0) is 14.1. The lowest BCUT2D eigenvalue weighted by molar-refractivity contribution is -0.355. The molecule has 19 heavy (non-hydrogen) atoms. The van der Waals surface area contributed by atoms with Crippen molar-refractivity contribution in [2.45, 2.75) is 38.1 Å². The summed E-state index contributed by atoms with van der Waals surface area (Å²) < 4.78 is 37.8. The van der Waals surface area contributed by atoms with Gasteiger partial charge >= 0.3 is 12.0 Å². The molecule has 0 spiro atoms. The molecule has 1 aliphatic heterocycles. The molecule has 0 saturated carbocycles. The number of halogens is 3. The van der Waals surface area contributed by atoms with Crippen LogP contribution in [0.2, 0.25) is 0 Å². The number of alkyl halides is 3. The molecule has 104 valence electrons. The standard InChI is InChI=1S/C13H14F3NO2/c1-2-4-9-5-3-6-10(7-9)11-8-12(18,19-17-11)13(14,15)16/h3,5-7,18H,2,4,8H2,1H3. The van der Waals surface area contributed by atoms with Gasteiger partial charge in [0.05, 0.1) is 12.1 Å². The third kappa shape index (κ3) is 2.73. The summed E-state index contributed by atoms with van der Waals surface area (Å²) in [6, 6.07) is 7.09. The topological polar surface area (TPSA) is 41.8 Å². The molecular formula is C13H14F3NO2. The summed E-state index contributed by atoms with van der Waals surface area (Å²) in [5.74, 6) is -3.21. The Morgan fingerprint density at radius 1 is 1.42 bits per heavy atom. The van der Waals surface area contributed by atoms with Crippen LogP contribution in [-0.2, 0) is 11.3 Å². The molecule has 1 heterocycles. The Hall–Kier alpha value is -1.56. The molecule has 1 aromatic rings. The smallest absolute Gasteiger partial charge is 0.350 e. The number of benzene rings is 1. The van der Waals surface area contributed by atoms with Gasteiger partial charge in [-0.05, 0) is 23.6 Å². The number of hydrogen-bond donors (Lipinski definition) is 1. The second-order valence-corrected chi connectivity index (χ2v) is 4.54. The van der Waals surface area contributed by atoms with Crippen LogP contribution in [0, 0.1) is 0 Å². The minimum atomic E-state index is -4.86. The average molecular weight is 273 g/mol. The highest BCUT2D eigenvalue weighted by molar-refractivity contribution is 6.01. The van der Waals surface area contributed by atoms with Crippen molar-refractivity contribution in [1.29, 1.82) is 0 Å². The number of nitrogens with zero attached hydrogens (tertiary/aromatic N) is 1. The third-order valence-electron chi connectivity index (χ3n) is 2.96. The van der Waals surface area contributed by atoms with Gasteiger partial charge in [-0.3, -0.25) is 0 Å². The normalized spacial score (nSPS) is 23.1. The van der Waals surface area contributed by atoms with E-state index < -0.39 is 18.4 Å². The van der Waals surface area contributed by atoms with Crippen LogP contribution in [0.15, 0.2) is 29.4 Å². The molecule has 2 rings (SSSR count). The number of aliphatic hydroxyl groups is 1. The molecule has 6 heteroatoms. The maximum absolute atomic E-state index is 12.6. The fourth-order valence-corrected chi connectivity index (χ4v) is 1.92. The van der Waals surface area contributed by atoms with Crippen LogP contribution in [-0.4, -0.2) is 22.8 Å². The molecule has 1 aliphatic rings. The van der Waals surface area contributed by atoms with Gasteiger partial charge in [0.2, 0.25) is 0 Å². The summed E-state index contributed by atoms with van der Waals surface area (Å²) in [5, 5.41) is 12.7. The number of rotatable bonds is 3. The van der Waals surface area contributed by atoms with E-state index in [0.717, 1.165) is 18.4 Å². The van der Waals surface area contributed by atoms with Crippen molar-refractivity contribution in [3.8, 4) is 0 Å². The van der Waals surface area contributed by atoms with Crippen molar-refractivity contribution in [3.63, 3.8) is 0 Å². The van der Waals surface area contributed by atoms with Crippen LogP contribution in [0.1, 0.15) is 30.9 Å². The van der Waals surface area contributed by atoms with Gasteiger partial charge in [-0.15, -0.1) is 0 Å². The lowest BCUT2D eigenvalue weighted by Gasteiger charge is -2.22. The van der Waals surface area contributed by atoms with Gasteiger partial charge in [0.1, 0.15) is 0 Å². The molecule has 3 nitrogen and oxygen atoms in total. The molecule has 0 radical (unpaired) electrons. The zero-order valence-electron chi connectivity index (χ0n) is 10.4. The third-order valence-corrected chi connectivity index (χ3v) is 2.96. The first-order chi connectivity index (χ1) is 8.86. The monoisotopic (exact) mass is 273 g/mol. The molecule has 0 saturated heterocycles. The predicted octanol–water partition coefficient (Wildman–Crippen LogP) is 3.01. The second-order valence-electron chi connectivity index (χ2n) is 4.54. The molecule has 0 aliphatic carbocycles. The minimum absolute atomic E-state index is 0.109. The van der Waals surface area contributed by atoms with Crippen LogP contribution < -0.4 is 0 Å². The maximum atomic E-state index is 12.6. The van der Waals surface area contributed by atoms with E-state index in [2.05, 4.69) is 9.99 Å². The van der Waals surface area contributed by atoms with Gasteiger partial charge in [0, 0.05) is 0 Å². The summed E-state index contributed by atoms with van der Waals surface area (Å²) in [4.78, 5) is 4.19. The molecule has 1 unspecified atom stereocenters. The van der Waals surface area contributed by atoms with Crippen LogP contribution in [0.4, 0.5) is 13.2 Å². The van der Waals surface area contributed by atoms with Crippen molar-refractivity contribution >= 4 is 5.71 Å². The van der Waals surface area contributed by atoms with E-state index >= 15 is 0 Å². The highest BCUT2D eigenvalue weighted by Crippen LogP contribution is 2.38. The van der Waals surface area contributed by atoms with E-state index in [1.165, 1.54) is 0 Å². The second kappa shape index (κ2) is 4.85. The van der Waals surface area contributed by atoms with Gasteiger partial charge in [0.25, 0.3) is 0 Å². The molecule has 0 bridgehead atoms. The van der Waals surface area contributed by atoms with Crippen LogP contribution in [0.3, 0.4) is 0 Å². The molecule has 0 amide bonds. The fraction of sp³-hybridized carbons (Fsp3) is 0.462. The van der Waals surface area contributed by atoms with Gasteiger partial charge in [-0.25, -0.2) is 0 Å². The first-order valence-corrected chi connectivity index (χ1v) is 5.99. The van der Waals surface area contributed by atoms with Gasteiger partial charge in [-0.1, -0.05) is 36.7 Å². The number of aryl methyl sites for hydroxylation is 1. The van der Waals surface area contributed by atoms with Crippen molar-refractivity contribution in [2.24, 2.45) is 5.16 Å². The summed E-state index contributed by atoms with van der Waals surface area (Å²) >= 11 is 0. The van der Waals surface area contributed by atoms with Crippen molar-refractivity contribution in [2.75, 3.05) is 0 Å². The Labute approximate surface area is 108 Å². The lowest BCUT2D eigenvalue weighted by atomic mass is 9.99. The van der Waals surface area contributed by atoms with E-state index in [9.17, 15) is 18.3 Å². The predicted molar refractivity (Wildman–Crippen MR) is 63.7 cm³/mol. The molecule has 1 aromatic carbocycles. The minimum Gasteiger partial charge on any atom is -0.350 e. The average Bonchev–Trinajstić information content (AvgIpc) is 2.74. The highest BCUT2D eigenvalue weighted by Gasteiger charge is 2.60. The molecule has 1 N–H and O–H groups in total. The first kappa shape index (κ1) is 13.9. The quantitative estimate of drug-likeness (QED) is 0.919. The van der Waals surface area contributed by atoms with E-state index in [-0.39, 0.29) is 5.71 Å². The Morgan fingerprint density at radius 2 is 2.16 bits per heavy atom. The fourth-order valence-electron chi connectivity index (χ4n) is 1.92. The molecular weight excluding hydrogens is 259 g/mol. The molecule has 0 aromatic heterocycles. The molecule has 1 atom stereocenters. The highest BCUT2D eigenvalue weighted by atomic mass is 19.4. The SMILES string of the molecule is CCCc1cccc(C2=NOC(O)(C(F)(F)F)C2)c1. The van der Waals surface area contributed by atoms with Crippen LogP contribution >= 0.6 is 0 Å².